The van der Waals surface area contributed by atoms with E-state index in [-0.39, 0.29) is 40.6 Å². The van der Waals surface area contributed by atoms with E-state index in [2.05, 4.69) is 15.1 Å². The molecule has 1 saturated heterocycles. The number of anilines is 1. The van der Waals surface area contributed by atoms with Gasteiger partial charge in [-0.05, 0) is 25.1 Å². The Morgan fingerprint density at radius 2 is 1.84 bits per heavy atom. The van der Waals surface area contributed by atoms with Crippen LogP contribution in [0.1, 0.15) is 16.1 Å². The minimum atomic E-state index is -0.528. The van der Waals surface area contributed by atoms with Gasteiger partial charge in [0, 0.05) is 62.9 Å². The fourth-order valence-electron chi connectivity index (χ4n) is 5.55. The molecule has 0 radical (unpaired) electrons. The van der Waals surface area contributed by atoms with Gasteiger partial charge in [-0.3, -0.25) is 19.1 Å². The highest BCUT2D eigenvalue weighted by molar-refractivity contribution is 5.95. The van der Waals surface area contributed by atoms with Crippen molar-refractivity contribution in [3.63, 3.8) is 0 Å². The summed E-state index contributed by atoms with van der Waals surface area (Å²) in [5, 5.41) is 4.44. The zero-order valence-electron chi connectivity index (χ0n) is 20.7. The fraction of sp³-hybridized carbons (Fsp3) is 0.296. The van der Waals surface area contributed by atoms with Crippen molar-refractivity contribution in [3.05, 3.63) is 88.5 Å². The van der Waals surface area contributed by atoms with E-state index in [1.165, 1.54) is 22.9 Å². The smallest absolute Gasteiger partial charge is 0.257 e. The Morgan fingerprint density at radius 3 is 2.54 bits per heavy atom. The topological polar surface area (TPSA) is 89.2 Å². The molecule has 1 aliphatic heterocycles. The number of rotatable bonds is 5. The lowest BCUT2D eigenvalue weighted by molar-refractivity contribution is 0.0772. The quantitative estimate of drug-likeness (QED) is 0.420. The van der Waals surface area contributed by atoms with Gasteiger partial charge in [0.25, 0.3) is 11.5 Å². The highest BCUT2D eigenvalue weighted by atomic mass is 19.1. The second-order valence-electron chi connectivity index (χ2n) is 9.72. The number of carbonyl (C=O) groups excluding carboxylic acids is 1. The monoisotopic (exact) mass is 499 g/mol. The van der Waals surface area contributed by atoms with Gasteiger partial charge in [0.05, 0.1) is 35.0 Å². The molecular weight excluding hydrogens is 473 g/mol. The van der Waals surface area contributed by atoms with Gasteiger partial charge in [-0.25, -0.2) is 14.1 Å². The molecule has 2 aliphatic rings. The van der Waals surface area contributed by atoms with Crippen molar-refractivity contribution in [1.82, 2.24) is 29.2 Å². The summed E-state index contributed by atoms with van der Waals surface area (Å²) >= 11 is 0. The summed E-state index contributed by atoms with van der Waals surface area (Å²) < 4.78 is 17.6. The fourth-order valence-corrected chi connectivity index (χ4v) is 5.55. The first-order valence-electron chi connectivity index (χ1n) is 12.1. The van der Waals surface area contributed by atoms with Crippen molar-refractivity contribution < 1.29 is 9.18 Å². The van der Waals surface area contributed by atoms with E-state index in [1.807, 2.05) is 54.1 Å². The van der Waals surface area contributed by atoms with Crippen molar-refractivity contribution in [2.24, 2.45) is 18.9 Å². The lowest BCUT2D eigenvalue weighted by Crippen LogP contribution is -2.38. The first-order valence-corrected chi connectivity index (χ1v) is 12.1. The van der Waals surface area contributed by atoms with Crippen LogP contribution in [-0.2, 0) is 7.05 Å². The largest absolute Gasteiger partial charge is 0.342 e. The van der Waals surface area contributed by atoms with Crippen molar-refractivity contribution >= 4 is 11.9 Å². The van der Waals surface area contributed by atoms with Crippen LogP contribution in [0.15, 0.2) is 65.8 Å². The predicted molar refractivity (Wildman–Crippen MR) is 136 cm³/mol. The molecule has 188 valence electrons. The lowest BCUT2D eigenvalue weighted by atomic mass is 10.2. The number of amides is 1. The molecular formula is C27H26FN7O2. The standard InChI is InChI=1S/C27H26FN7O2/c1-16-19(12-30-35(16)17-7-5-4-6-8-17)26(37)34-14-20-21(15-34)25(20)33(3)27-31-23(11-24(36)32(27)2)18-9-10-29-13-22(18)28/h4-13,20-21,25H,14-15H2,1-3H3/t20-,21+,25-. The first kappa shape index (κ1) is 23.1. The molecule has 0 unspecified atom stereocenters. The van der Waals surface area contributed by atoms with E-state index < -0.39 is 5.82 Å². The summed E-state index contributed by atoms with van der Waals surface area (Å²) in [7, 11) is 3.56. The molecule has 1 aromatic carbocycles. The molecule has 0 N–H and O–H groups in total. The highest BCUT2D eigenvalue weighted by Gasteiger charge is 2.59. The Labute approximate surface area is 212 Å². The Bertz CT molecular complexity index is 1550. The van der Waals surface area contributed by atoms with Crippen molar-refractivity contribution in [3.8, 4) is 16.9 Å². The number of fused-ring (bicyclic) bond motifs is 1. The van der Waals surface area contributed by atoms with Gasteiger partial charge in [0.2, 0.25) is 5.95 Å². The second-order valence-corrected chi connectivity index (χ2v) is 9.72. The summed E-state index contributed by atoms with van der Waals surface area (Å²) in [6, 6.07) is 12.7. The molecule has 4 heterocycles. The van der Waals surface area contributed by atoms with E-state index in [1.54, 1.807) is 17.9 Å². The zero-order valence-corrected chi connectivity index (χ0v) is 20.7. The van der Waals surface area contributed by atoms with Crippen LogP contribution < -0.4 is 10.5 Å². The number of aromatic nitrogens is 5. The number of benzene rings is 1. The predicted octanol–water partition coefficient (Wildman–Crippen LogP) is 2.68. The number of pyridine rings is 1. The Hall–Kier alpha value is -4.34. The summed E-state index contributed by atoms with van der Waals surface area (Å²) in [4.78, 5) is 38.3. The maximum absolute atomic E-state index is 14.3. The number of hydrogen-bond acceptors (Lipinski definition) is 6. The third-order valence-corrected chi connectivity index (χ3v) is 7.60. The molecule has 10 heteroatoms. The summed E-state index contributed by atoms with van der Waals surface area (Å²) in [6.45, 7) is 3.16. The minimum absolute atomic E-state index is 0.0195. The minimum Gasteiger partial charge on any atom is -0.342 e. The SMILES string of the molecule is Cc1c(C(=O)N2C[C@@H]3[C@H](C2)[C@@H]3N(C)c2nc(-c3ccncc3F)cc(=O)n2C)cnn1-c1ccccc1. The van der Waals surface area contributed by atoms with Gasteiger partial charge in [0.1, 0.15) is 0 Å². The van der Waals surface area contributed by atoms with Crippen LogP contribution in [0.5, 0.6) is 0 Å². The molecule has 6 rings (SSSR count). The third kappa shape index (κ3) is 3.80. The van der Waals surface area contributed by atoms with Gasteiger partial charge in [-0.15, -0.1) is 0 Å². The molecule has 1 saturated carbocycles. The summed E-state index contributed by atoms with van der Waals surface area (Å²) in [5.74, 6) is 0.471. The second kappa shape index (κ2) is 8.65. The average Bonchev–Trinajstić information content (AvgIpc) is 3.20. The Kier molecular flexibility index (Phi) is 5.40. The van der Waals surface area contributed by atoms with Crippen molar-refractivity contribution in [1.29, 1.82) is 0 Å². The number of nitrogens with zero attached hydrogens (tertiary/aromatic N) is 7. The summed E-state index contributed by atoms with van der Waals surface area (Å²) in [5.41, 5.74) is 2.57. The number of hydrogen-bond donors (Lipinski definition) is 0. The number of para-hydroxylation sites is 1. The molecule has 1 aliphatic carbocycles. The Morgan fingerprint density at radius 1 is 1.11 bits per heavy atom. The average molecular weight is 500 g/mol. The third-order valence-electron chi connectivity index (χ3n) is 7.60. The van der Waals surface area contributed by atoms with Crippen LogP contribution in [0.4, 0.5) is 10.3 Å². The van der Waals surface area contributed by atoms with Gasteiger partial charge < -0.3 is 9.80 Å². The van der Waals surface area contributed by atoms with E-state index in [0.717, 1.165) is 17.6 Å². The maximum Gasteiger partial charge on any atom is 0.257 e. The van der Waals surface area contributed by atoms with E-state index in [9.17, 15) is 14.0 Å². The van der Waals surface area contributed by atoms with Gasteiger partial charge in [0.15, 0.2) is 5.82 Å². The van der Waals surface area contributed by atoms with Gasteiger partial charge in [-0.1, -0.05) is 18.2 Å². The molecule has 2 fully saturated rings. The van der Waals surface area contributed by atoms with Crippen molar-refractivity contribution in [2.45, 2.75) is 13.0 Å². The van der Waals surface area contributed by atoms with Gasteiger partial charge in [-0.2, -0.15) is 5.10 Å². The van der Waals surface area contributed by atoms with Crippen LogP contribution in [0, 0.1) is 24.6 Å². The number of carbonyl (C=O) groups is 1. The molecule has 3 atom stereocenters. The van der Waals surface area contributed by atoms with Crippen LogP contribution in [-0.4, -0.2) is 61.3 Å². The van der Waals surface area contributed by atoms with Crippen molar-refractivity contribution in [2.75, 3.05) is 25.0 Å². The molecule has 0 bridgehead atoms. The molecule has 3 aromatic heterocycles. The van der Waals surface area contributed by atoms with Gasteiger partial charge >= 0.3 is 0 Å². The maximum atomic E-state index is 14.3. The van der Waals surface area contributed by atoms with E-state index in [4.69, 9.17) is 0 Å². The van der Waals surface area contributed by atoms with Crippen LogP contribution in [0.2, 0.25) is 0 Å². The zero-order chi connectivity index (χ0) is 25.8. The molecule has 9 nitrogen and oxygen atoms in total. The molecule has 4 aromatic rings. The summed E-state index contributed by atoms with van der Waals surface area (Å²) in [6.07, 6.45) is 4.23. The van der Waals surface area contributed by atoms with E-state index >= 15 is 0 Å². The van der Waals surface area contributed by atoms with Crippen LogP contribution in [0.3, 0.4) is 0 Å². The first-order chi connectivity index (χ1) is 17.8. The molecule has 1 amide bonds. The highest BCUT2D eigenvalue weighted by Crippen LogP contribution is 2.49. The van der Waals surface area contributed by atoms with Crippen LogP contribution in [0.25, 0.3) is 16.9 Å². The lowest BCUT2D eigenvalue weighted by Gasteiger charge is -2.26. The Balaban J connectivity index is 1.19. The number of halogens is 1. The van der Waals surface area contributed by atoms with E-state index in [0.29, 0.717) is 24.6 Å². The molecule has 0 spiro atoms. The number of likely N-dealkylation sites (tertiary alicyclic amines) is 1. The van der Waals surface area contributed by atoms with Crippen LogP contribution >= 0.6 is 0 Å². The number of piperidine rings is 1. The molecule has 37 heavy (non-hydrogen) atoms. The normalized spacial score (nSPS) is 20.1.